The van der Waals surface area contributed by atoms with E-state index in [0.29, 0.717) is 11.0 Å². The summed E-state index contributed by atoms with van der Waals surface area (Å²) in [7, 11) is -2.13. The fourth-order valence-corrected chi connectivity index (χ4v) is 10.4. The van der Waals surface area contributed by atoms with Gasteiger partial charge in [-0.3, -0.25) is 0 Å². The number of rotatable bonds is 6. The average molecular weight is 313 g/mol. The van der Waals surface area contributed by atoms with E-state index in [4.69, 9.17) is 8.85 Å². The molecule has 21 heavy (non-hydrogen) atoms. The van der Waals surface area contributed by atoms with Crippen molar-refractivity contribution in [3.8, 4) is 0 Å². The summed E-state index contributed by atoms with van der Waals surface area (Å²) < 4.78 is 13.2. The van der Waals surface area contributed by atoms with Crippen molar-refractivity contribution in [3.63, 3.8) is 0 Å². The molecule has 1 atom stereocenters. The fraction of sp³-hybridized carbons (Fsp3) is 1.00. The third kappa shape index (κ3) is 3.56. The Morgan fingerprint density at radius 2 is 1.52 bits per heavy atom. The molecular weight excluding hydrogens is 276 g/mol. The smallest absolute Gasteiger partial charge is 0.345 e. The number of hydrogen-bond donors (Lipinski definition) is 0. The molecule has 3 heteroatoms. The second-order valence-corrected chi connectivity index (χ2v) is 11.5. The van der Waals surface area contributed by atoms with Crippen LogP contribution in [-0.4, -0.2) is 21.8 Å². The molecular formula is C18H36O2Si. The zero-order chi connectivity index (χ0) is 15.5. The molecule has 0 aromatic carbocycles. The highest BCUT2D eigenvalue weighted by Crippen LogP contribution is 2.58. The molecule has 0 aromatic rings. The van der Waals surface area contributed by atoms with E-state index in [1.54, 1.807) is 0 Å². The lowest BCUT2D eigenvalue weighted by molar-refractivity contribution is 0.133. The molecule has 1 unspecified atom stereocenters. The lowest BCUT2D eigenvalue weighted by atomic mass is 9.90. The van der Waals surface area contributed by atoms with E-state index in [-0.39, 0.29) is 0 Å². The third-order valence-electron chi connectivity index (χ3n) is 6.07. The van der Waals surface area contributed by atoms with Crippen LogP contribution < -0.4 is 0 Å². The van der Waals surface area contributed by atoms with Crippen LogP contribution in [0.2, 0.25) is 11.1 Å². The van der Waals surface area contributed by atoms with Crippen LogP contribution in [0.5, 0.6) is 0 Å². The lowest BCUT2D eigenvalue weighted by Gasteiger charge is -2.47. The first kappa shape index (κ1) is 17.5. The minimum absolute atomic E-state index is 0.402. The molecule has 2 saturated carbocycles. The summed E-state index contributed by atoms with van der Waals surface area (Å²) >= 11 is 0. The Labute approximate surface area is 133 Å². The average Bonchev–Trinajstić information content (AvgIpc) is 2.79. The summed E-state index contributed by atoms with van der Waals surface area (Å²) in [4.78, 5) is 0. The maximum Gasteiger partial charge on any atom is 0.345 e. The largest absolute Gasteiger partial charge is 0.394 e. The Bertz CT molecular complexity index is 315. The van der Waals surface area contributed by atoms with Gasteiger partial charge in [-0.25, -0.2) is 0 Å². The van der Waals surface area contributed by atoms with Crippen molar-refractivity contribution in [2.75, 3.05) is 13.2 Å². The van der Waals surface area contributed by atoms with Crippen molar-refractivity contribution in [2.24, 2.45) is 11.3 Å². The van der Waals surface area contributed by atoms with Gasteiger partial charge in [-0.2, -0.15) is 0 Å². The zero-order valence-corrected chi connectivity index (χ0v) is 15.9. The lowest BCUT2D eigenvalue weighted by Crippen LogP contribution is -2.54. The Balaban J connectivity index is 2.28. The summed E-state index contributed by atoms with van der Waals surface area (Å²) in [6, 6.07) is 0. The van der Waals surface area contributed by atoms with Crippen molar-refractivity contribution >= 4 is 8.56 Å². The topological polar surface area (TPSA) is 18.5 Å². The molecule has 0 bridgehead atoms. The SMILES string of the molecule is CCO[Si](OCC)(C1CCC(C)CC1)C1CCCC1(C)C. The van der Waals surface area contributed by atoms with Gasteiger partial charge in [0.25, 0.3) is 0 Å². The Hall–Kier alpha value is 0.137. The van der Waals surface area contributed by atoms with Gasteiger partial charge in [0.05, 0.1) is 0 Å². The highest BCUT2D eigenvalue weighted by Gasteiger charge is 2.58. The van der Waals surface area contributed by atoms with Crippen molar-refractivity contribution in [1.29, 1.82) is 0 Å². The molecule has 0 amide bonds. The standard InChI is InChI=1S/C18H36O2Si/c1-6-19-21(20-7-2,16-12-10-15(3)11-13-16)17-9-8-14-18(17,4)5/h15-17H,6-14H2,1-5H3. The molecule has 2 aliphatic carbocycles. The first-order valence-corrected chi connectivity index (χ1v) is 11.2. The van der Waals surface area contributed by atoms with Gasteiger partial charge in [-0.05, 0) is 50.9 Å². The van der Waals surface area contributed by atoms with E-state index in [1.165, 1.54) is 44.9 Å². The molecule has 2 nitrogen and oxygen atoms in total. The minimum Gasteiger partial charge on any atom is -0.394 e. The van der Waals surface area contributed by atoms with Crippen LogP contribution in [-0.2, 0) is 8.85 Å². The zero-order valence-electron chi connectivity index (χ0n) is 14.9. The van der Waals surface area contributed by atoms with Gasteiger partial charge in [-0.1, -0.05) is 40.0 Å². The monoisotopic (exact) mass is 312 g/mol. The molecule has 0 aromatic heterocycles. The van der Waals surface area contributed by atoms with Gasteiger partial charge in [0, 0.05) is 24.3 Å². The maximum absolute atomic E-state index is 6.58. The molecule has 124 valence electrons. The van der Waals surface area contributed by atoms with E-state index in [1.807, 2.05) is 0 Å². The van der Waals surface area contributed by atoms with Gasteiger partial charge in [0.15, 0.2) is 0 Å². The highest BCUT2D eigenvalue weighted by molar-refractivity contribution is 6.70. The van der Waals surface area contributed by atoms with Crippen molar-refractivity contribution in [2.45, 2.75) is 90.6 Å². The van der Waals surface area contributed by atoms with Gasteiger partial charge >= 0.3 is 8.56 Å². The summed E-state index contributed by atoms with van der Waals surface area (Å²) in [6.07, 6.45) is 9.43. The normalized spacial score (nSPS) is 33.3. The molecule has 0 radical (unpaired) electrons. The first-order chi connectivity index (χ1) is 9.96. The van der Waals surface area contributed by atoms with Gasteiger partial charge in [-0.15, -0.1) is 0 Å². The Morgan fingerprint density at radius 3 is 1.95 bits per heavy atom. The van der Waals surface area contributed by atoms with Crippen LogP contribution in [0.3, 0.4) is 0 Å². The highest BCUT2D eigenvalue weighted by atomic mass is 28.4. The second-order valence-electron chi connectivity index (χ2n) is 7.98. The van der Waals surface area contributed by atoms with Crippen molar-refractivity contribution in [1.82, 2.24) is 0 Å². The van der Waals surface area contributed by atoms with E-state index in [0.717, 1.165) is 24.7 Å². The molecule has 2 fully saturated rings. The third-order valence-corrected chi connectivity index (χ3v) is 11.3. The molecule has 2 aliphatic rings. The second kappa shape index (κ2) is 7.14. The predicted octanol–water partition coefficient (Wildman–Crippen LogP) is 5.66. The molecule has 0 N–H and O–H groups in total. The summed E-state index contributed by atoms with van der Waals surface area (Å²) in [6.45, 7) is 13.3. The summed E-state index contributed by atoms with van der Waals surface area (Å²) in [5.74, 6) is 0.896. The first-order valence-electron chi connectivity index (χ1n) is 9.24. The van der Waals surface area contributed by atoms with E-state index < -0.39 is 8.56 Å². The molecule has 0 spiro atoms. The van der Waals surface area contributed by atoms with Gasteiger partial charge < -0.3 is 8.85 Å². The predicted molar refractivity (Wildman–Crippen MR) is 91.8 cm³/mol. The molecule has 2 rings (SSSR count). The Morgan fingerprint density at radius 1 is 0.952 bits per heavy atom. The van der Waals surface area contributed by atoms with Crippen LogP contribution in [0.25, 0.3) is 0 Å². The van der Waals surface area contributed by atoms with E-state index in [9.17, 15) is 0 Å². The van der Waals surface area contributed by atoms with Crippen molar-refractivity contribution < 1.29 is 8.85 Å². The van der Waals surface area contributed by atoms with Crippen LogP contribution in [0, 0.1) is 11.3 Å². The number of hydrogen-bond acceptors (Lipinski definition) is 2. The maximum atomic E-state index is 6.58. The summed E-state index contributed by atoms with van der Waals surface area (Å²) in [5, 5.41) is 0. The van der Waals surface area contributed by atoms with Crippen LogP contribution >= 0.6 is 0 Å². The van der Waals surface area contributed by atoms with Crippen LogP contribution in [0.15, 0.2) is 0 Å². The van der Waals surface area contributed by atoms with Crippen LogP contribution in [0.1, 0.15) is 79.6 Å². The fourth-order valence-electron chi connectivity index (χ4n) is 4.95. The molecule has 0 aliphatic heterocycles. The molecule has 0 saturated heterocycles. The Kier molecular flexibility index (Phi) is 5.95. The minimum atomic E-state index is -2.13. The molecule has 0 heterocycles. The van der Waals surface area contributed by atoms with E-state index >= 15 is 0 Å². The van der Waals surface area contributed by atoms with E-state index in [2.05, 4.69) is 34.6 Å². The van der Waals surface area contributed by atoms with Crippen molar-refractivity contribution in [3.05, 3.63) is 0 Å². The van der Waals surface area contributed by atoms with Gasteiger partial charge in [0.1, 0.15) is 0 Å². The van der Waals surface area contributed by atoms with Crippen LogP contribution in [0.4, 0.5) is 0 Å². The summed E-state index contributed by atoms with van der Waals surface area (Å²) in [5.41, 5.74) is 1.80. The van der Waals surface area contributed by atoms with Gasteiger partial charge in [0.2, 0.25) is 0 Å². The quantitative estimate of drug-likeness (QED) is 0.589.